The van der Waals surface area contributed by atoms with Crippen molar-refractivity contribution in [1.29, 1.82) is 0 Å². The third kappa shape index (κ3) is 3.39. The molecular formula is C16H15NO4. The predicted molar refractivity (Wildman–Crippen MR) is 78.8 cm³/mol. The lowest BCUT2D eigenvalue weighted by molar-refractivity contribution is -0.133. The zero-order valence-electron chi connectivity index (χ0n) is 11.7. The van der Waals surface area contributed by atoms with E-state index in [0.29, 0.717) is 22.4 Å². The molecule has 0 amide bonds. The van der Waals surface area contributed by atoms with Gasteiger partial charge in [0.15, 0.2) is 11.5 Å². The van der Waals surface area contributed by atoms with Gasteiger partial charge in [-0.15, -0.1) is 0 Å². The van der Waals surface area contributed by atoms with E-state index in [9.17, 15) is 9.90 Å². The van der Waals surface area contributed by atoms with Crippen LogP contribution in [0.25, 0.3) is 11.6 Å². The molecule has 0 saturated carbocycles. The maximum atomic E-state index is 11.9. The van der Waals surface area contributed by atoms with Gasteiger partial charge in [-0.3, -0.25) is 4.98 Å². The molecule has 0 aliphatic rings. The molecule has 1 N–H and O–H groups in total. The zero-order valence-corrected chi connectivity index (χ0v) is 11.7. The van der Waals surface area contributed by atoms with Gasteiger partial charge in [0, 0.05) is 12.4 Å². The van der Waals surface area contributed by atoms with Crippen LogP contribution in [-0.2, 0) is 9.53 Å². The van der Waals surface area contributed by atoms with Crippen LogP contribution in [-0.4, -0.2) is 30.3 Å². The van der Waals surface area contributed by atoms with E-state index in [0.717, 1.165) is 0 Å². The number of benzene rings is 1. The van der Waals surface area contributed by atoms with Crippen LogP contribution in [0.15, 0.2) is 42.7 Å². The number of aromatic nitrogens is 1. The van der Waals surface area contributed by atoms with E-state index >= 15 is 0 Å². The predicted octanol–water partition coefficient (Wildman–Crippen LogP) is 2.51. The zero-order chi connectivity index (χ0) is 15.2. The summed E-state index contributed by atoms with van der Waals surface area (Å²) in [7, 11) is 2.80. The maximum Gasteiger partial charge on any atom is 0.338 e. The second-order valence-electron chi connectivity index (χ2n) is 4.22. The van der Waals surface area contributed by atoms with Gasteiger partial charge >= 0.3 is 5.97 Å². The molecule has 2 rings (SSSR count). The average molecular weight is 285 g/mol. The number of nitrogens with zero attached hydrogens (tertiary/aromatic N) is 1. The lowest BCUT2D eigenvalue weighted by atomic mass is 10.0. The van der Waals surface area contributed by atoms with Crippen molar-refractivity contribution in [1.82, 2.24) is 4.98 Å². The summed E-state index contributed by atoms with van der Waals surface area (Å²) in [4.78, 5) is 15.8. The molecule has 0 radical (unpaired) electrons. The molecule has 1 aromatic heterocycles. The highest BCUT2D eigenvalue weighted by Gasteiger charge is 2.13. The van der Waals surface area contributed by atoms with E-state index in [2.05, 4.69) is 4.98 Å². The highest BCUT2D eigenvalue weighted by molar-refractivity contribution is 6.21. The number of phenolic OH excluding ortho intramolecular Hbond substituents is 1. The van der Waals surface area contributed by atoms with Crippen molar-refractivity contribution < 1.29 is 19.4 Å². The molecule has 21 heavy (non-hydrogen) atoms. The topological polar surface area (TPSA) is 68.7 Å². The third-order valence-electron chi connectivity index (χ3n) is 2.91. The lowest BCUT2D eigenvalue weighted by Gasteiger charge is -2.07. The molecule has 2 aromatic rings. The minimum absolute atomic E-state index is 0.00481. The van der Waals surface area contributed by atoms with E-state index in [-0.39, 0.29) is 5.75 Å². The van der Waals surface area contributed by atoms with Gasteiger partial charge in [-0.1, -0.05) is 6.07 Å². The Morgan fingerprint density at radius 1 is 1.19 bits per heavy atom. The van der Waals surface area contributed by atoms with Gasteiger partial charge in [-0.2, -0.15) is 0 Å². The third-order valence-corrected chi connectivity index (χ3v) is 2.91. The summed E-state index contributed by atoms with van der Waals surface area (Å²) in [6, 6.07) is 8.31. The van der Waals surface area contributed by atoms with Gasteiger partial charge in [-0.25, -0.2) is 4.79 Å². The van der Waals surface area contributed by atoms with E-state index in [4.69, 9.17) is 9.47 Å². The van der Waals surface area contributed by atoms with Gasteiger partial charge in [0.1, 0.15) is 0 Å². The van der Waals surface area contributed by atoms with E-state index in [1.165, 1.54) is 20.3 Å². The summed E-state index contributed by atoms with van der Waals surface area (Å²) in [5, 5.41) is 9.79. The Hall–Kier alpha value is -2.82. The fourth-order valence-corrected chi connectivity index (χ4v) is 1.86. The lowest BCUT2D eigenvalue weighted by Crippen LogP contribution is -2.03. The number of rotatable bonds is 4. The van der Waals surface area contributed by atoms with Gasteiger partial charge in [0.05, 0.1) is 19.8 Å². The molecule has 1 heterocycles. The molecule has 5 heteroatoms. The van der Waals surface area contributed by atoms with Gasteiger partial charge in [0.25, 0.3) is 0 Å². The first-order chi connectivity index (χ1) is 10.2. The smallest absolute Gasteiger partial charge is 0.338 e. The number of carbonyl (C=O) groups excluding carboxylic acids is 1. The number of hydrogen-bond acceptors (Lipinski definition) is 5. The van der Waals surface area contributed by atoms with Crippen LogP contribution in [0.3, 0.4) is 0 Å². The number of aromatic hydroxyl groups is 1. The number of hydrogen-bond donors (Lipinski definition) is 1. The van der Waals surface area contributed by atoms with Crippen molar-refractivity contribution >= 4 is 17.6 Å². The van der Waals surface area contributed by atoms with Crippen molar-refractivity contribution in [2.75, 3.05) is 14.2 Å². The van der Waals surface area contributed by atoms with Crippen molar-refractivity contribution in [3.63, 3.8) is 0 Å². The first kappa shape index (κ1) is 14.6. The summed E-state index contributed by atoms with van der Waals surface area (Å²) < 4.78 is 9.79. The summed E-state index contributed by atoms with van der Waals surface area (Å²) in [5.41, 5.74) is 1.72. The molecule has 1 aromatic carbocycles. The SMILES string of the molecule is COC(=O)C(=Cc1ccc(OC)c(O)c1)c1ccncc1. The van der Waals surface area contributed by atoms with Crippen molar-refractivity contribution in [3.8, 4) is 11.5 Å². The number of esters is 1. The van der Waals surface area contributed by atoms with Crippen molar-refractivity contribution in [2.45, 2.75) is 0 Å². The number of phenols is 1. The fourth-order valence-electron chi connectivity index (χ4n) is 1.86. The highest BCUT2D eigenvalue weighted by atomic mass is 16.5. The Morgan fingerprint density at radius 3 is 2.48 bits per heavy atom. The normalized spacial score (nSPS) is 11.0. The summed E-state index contributed by atoms with van der Waals surface area (Å²) in [6.45, 7) is 0. The van der Waals surface area contributed by atoms with E-state index < -0.39 is 5.97 Å². The minimum atomic E-state index is -0.462. The molecule has 0 aliphatic carbocycles. The Balaban J connectivity index is 2.46. The first-order valence-electron chi connectivity index (χ1n) is 6.23. The molecule has 0 aliphatic heterocycles. The molecule has 108 valence electrons. The van der Waals surface area contributed by atoms with Crippen LogP contribution in [0, 0.1) is 0 Å². The van der Waals surface area contributed by atoms with Crippen molar-refractivity contribution in [3.05, 3.63) is 53.9 Å². The molecule has 0 fully saturated rings. The fraction of sp³-hybridized carbons (Fsp3) is 0.125. The van der Waals surface area contributed by atoms with E-state index in [1.807, 2.05) is 0 Å². The number of pyridine rings is 1. The largest absolute Gasteiger partial charge is 0.504 e. The summed E-state index contributed by atoms with van der Waals surface area (Å²) >= 11 is 0. The van der Waals surface area contributed by atoms with Crippen LogP contribution < -0.4 is 4.74 Å². The van der Waals surface area contributed by atoms with Crippen LogP contribution in [0.4, 0.5) is 0 Å². The minimum Gasteiger partial charge on any atom is -0.504 e. The van der Waals surface area contributed by atoms with Gasteiger partial charge < -0.3 is 14.6 Å². The standard InChI is InChI=1S/C16H15NO4/c1-20-15-4-3-11(10-14(15)18)9-13(16(19)21-2)12-5-7-17-8-6-12/h3-10,18H,1-2H3. The Bertz CT molecular complexity index is 665. The number of ether oxygens (including phenoxy) is 2. The van der Waals surface area contributed by atoms with Crippen LogP contribution >= 0.6 is 0 Å². The van der Waals surface area contributed by atoms with Crippen LogP contribution in [0.1, 0.15) is 11.1 Å². The Labute approximate surface area is 122 Å². The second-order valence-corrected chi connectivity index (χ2v) is 4.22. The molecule has 0 spiro atoms. The van der Waals surface area contributed by atoms with Gasteiger partial charge in [0.2, 0.25) is 0 Å². The average Bonchev–Trinajstić information content (AvgIpc) is 2.53. The molecular weight excluding hydrogens is 270 g/mol. The highest BCUT2D eigenvalue weighted by Crippen LogP contribution is 2.28. The second kappa shape index (κ2) is 6.56. The molecule has 0 atom stereocenters. The monoisotopic (exact) mass is 285 g/mol. The van der Waals surface area contributed by atoms with Crippen LogP contribution in [0.2, 0.25) is 0 Å². The summed E-state index contributed by atoms with van der Waals surface area (Å²) in [5.74, 6) is -0.0858. The molecule has 0 bridgehead atoms. The Kier molecular flexibility index (Phi) is 4.56. The molecule has 5 nitrogen and oxygen atoms in total. The van der Waals surface area contributed by atoms with Crippen LogP contribution in [0.5, 0.6) is 11.5 Å². The quantitative estimate of drug-likeness (QED) is 0.690. The molecule has 0 unspecified atom stereocenters. The number of carbonyl (C=O) groups is 1. The maximum absolute atomic E-state index is 11.9. The summed E-state index contributed by atoms with van der Waals surface area (Å²) in [6.07, 6.45) is 4.83. The Morgan fingerprint density at radius 2 is 1.90 bits per heavy atom. The first-order valence-corrected chi connectivity index (χ1v) is 6.23. The van der Waals surface area contributed by atoms with Gasteiger partial charge in [-0.05, 0) is 41.5 Å². The van der Waals surface area contributed by atoms with E-state index in [1.54, 1.807) is 42.7 Å². The molecule has 0 saturated heterocycles. The van der Waals surface area contributed by atoms with Crippen molar-refractivity contribution in [2.24, 2.45) is 0 Å². The number of methoxy groups -OCH3 is 2.